The Hall–Kier alpha value is -0.130. The highest BCUT2D eigenvalue weighted by Gasteiger charge is 2.30. The molecule has 2 aliphatic carbocycles. The standard InChI is InChI=1S/C12H24N2O2S/c13-12-8-4-1-5-10(12)9-14-17(15,16)11-6-2-3-7-11/h10-12,14H,1-9,13H2. The van der Waals surface area contributed by atoms with Crippen LogP contribution in [0.1, 0.15) is 51.4 Å². The predicted octanol–water partition coefficient (Wildman–Crippen LogP) is 1.37. The lowest BCUT2D eigenvalue weighted by atomic mass is 9.85. The van der Waals surface area contributed by atoms with E-state index in [1.54, 1.807) is 0 Å². The third-order valence-electron chi connectivity index (χ3n) is 4.26. The molecule has 17 heavy (non-hydrogen) atoms. The molecule has 2 fully saturated rings. The molecule has 0 amide bonds. The largest absolute Gasteiger partial charge is 0.327 e. The number of rotatable bonds is 4. The first-order valence-corrected chi connectivity index (χ1v) is 8.38. The van der Waals surface area contributed by atoms with Crippen molar-refractivity contribution in [3.05, 3.63) is 0 Å². The second-order valence-corrected chi connectivity index (χ2v) is 7.55. The highest BCUT2D eigenvalue weighted by molar-refractivity contribution is 7.90. The van der Waals surface area contributed by atoms with E-state index in [9.17, 15) is 8.42 Å². The lowest BCUT2D eigenvalue weighted by Gasteiger charge is -2.29. The molecule has 2 rings (SSSR count). The van der Waals surface area contributed by atoms with E-state index in [0.717, 1.165) is 38.5 Å². The summed E-state index contributed by atoms with van der Waals surface area (Å²) in [6.45, 7) is 0.542. The maximum Gasteiger partial charge on any atom is 0.214 e. The van der Waals surface area contributed by atoms with E-state index in [4.69, 9.17) is 5.73 Å². The summed E-state index contributed by atoms with van der Waals surface area (Å²) in [5, 5.41) is -0.151. The molecule has 0 aliphatic heterocycles. The Labute approximate surface area is 104 Å². The lowest BCUT2D eigenvalue weighted by Crippen LogP contribution is -2.43. The fourth-order valence-corrected chi connectivity index (χ4v) is 4.67. The molecule has 0 bridgehead atoms. The Bertz CT molecular complexity index is 336. The van der Waals surface area contributed by atoms with Gasteiger partial charge in [0, 0.05) is 12.6 Å². The van der Waals surface area contributed by atoms with Gasteiger partial charge in [0.25, 0.3) is 0 Å². The monoisotopic (exact) mass is 260 g/mol. The van der Waals surface area contributed by atoms with Crippen molar-refractivity contribution in [1.29, 1.82) is 0 Å². The first kappa shape index (κ1) is 13.3. The number of hydrogen-bond acceptors (Lipinski definition) is 3. The molecule has 5 heteroatoms. The fourth-order valence-electron chi connectivity index (χ4n) is 3.03. The lowest BCUT2D eigenvalue weighted by molar-refractivity contribution is 0.308. The average molecular weight is 260 g/mol. The van der Waals surface area contributed by atoms with E-state index in [1.165, 1.54) is 12.8 Å². The van der Waals surface area contributed by atoms with Gasteiger partial charge in [-0.1, -0.05) is 25.7 Å². The Balaban J connectivity index is 1.84. The van der Waals surface area contributed by atoms with Crippen molar-refractivity contribution in [3.63, 3.8) is 0 Å². The van der Waals surface area contributed by atoms with Crippen molar-refractivity contribution in [2.45, 2.75) is 62.7 Å². The van der Waals surface area contributed by atoms with E-state index in [-0.39, 0.29) is 11.3 Å². The van der Waals surface area contributed by atoms with Gasteiger partial charge in [-0.05, 0) is 31.6 Å². The minimum absolute atomic E-state index is 0.151. The molecule has 0 aromatic heterocycles. The summed E-state index contributed by atoms with van der Waals surface area (Å²) in [5.74, 6) is 0.333. The molecular weight excluding hydrogens is 236 g/mol. The first-order chi connectivity index (χ1) is 8.09. The highest BCUT2D eigenvalue weighted by Crippen LogP contribution is 2.25. The smallest absolute Gasteiger partial charge is 0.214 e. The molecular formula is C12H24N2O2S. The van der Waals surface area contributed by atoms with E-state index in [2.05, 4.69) is 4.72 Å². The van der Waals surface area contributed by atoms with Crippen LogP contribution in [0.2, 0.25) is 0 Å². The molecule has 2 saturated carbocycles. The van der Waals surface area contributed by atoms with Gasteiger partial charge < -0.3 is 5.73 Å². The number of sulfonamides is 1. The maximum atomic E-state index is 12.0. The normalized spacial score (nSPS) is 31.8. The SMILES string of the molecule is NC1CCCCC1CNS(=O)(=O)C1CCCC1. The number of nitrogens with one attached hydrogen (secondary N) is 1. The third-order valence-corrected chi connectivity index (χ3v) is 6.17. The summed E-state index contributed by atoms with van der Waals surface area (Å²) in [7, 11) is -3.09. The van der Waals surface area contributed by atoms with Crippen LogP contribution in [0.5, 0.6) is 0 Å². The molecule has 4 nitrogen and oxygen atoms in total. The summed E-state index contributed by atoms with van der Waals surface area (Å²) in [5.41, 5.74) is 6.03. The molecule has 2 aliphatic rings. The molecule has 0 saturated heterocycles. The van der Waals surface area contributed by atoms with Gasteiger partial charge in [0.1, 0.15) is 0 Å². The first-order valence-electron chi connectivity index (χ1n) is 6.83. The molecule has 3 N–H and O–H groups in total. The average Bonchev–Trinajstić information content (AvgIpc) is 2.82. The Morgan fingerprint density at radius 3 is 2.24 bits per heavy atom. The Kier molecular flexibility index (Phi) is 4.44. The van der Waals surface area contributed by atoms with Crippen molar-refractivity contribution in [2.24, 2.45) is 11.7 Å². The predicted molar refractivity (Wildman–Crippen MR) is 69.1 cm³/mol. The molecule has 2 unspecified atom stereocenters. The van der Waals surface area contributed by atoms with Crippen molar-refractivity contribution < 1.29 is 8.42 Å². The number of hydrogen-bond donors (Lipinski definition) is 2. The Morgan fingerprint density at radius 1 is 1.00 bits per heavy atom. The van der Waals surface area contributed by atoms with Gasteiger partial charge in [0.05, 0.1) is 5.25 Å². The third kappa shape index (κ3) is 3.42. The van der Waals surface area contributed by atoms with Gasteiger partial charge in [-0.3, -0.25) is 0 Å². The van der Waals surface area contributed by atoms with E-state index < -0.39 is 10.0 Å². The van der Waals surface area contributed by atoms with Crippen LogP contribution in [0.3, 0.4) is 0 Å². The molecule has 0 spiro atoms. The maximum absolute atomic E-state index is 12.0. The van der Waals surface area contributed by atoms with Gasteiger partial charge in [0.2, 0.25) is 10.0 Å². The van der Waals surface area contributed by atoms with Crippen molar-refractivity contribution >= 4 is 10.0 Å². The molecule has 0 aromatic rings. The zero-order valence-electron chi connectivity index (χ0n) is 10.4. The molecule has 0 heterocycles. The van der Waals surface area contributed by atoms with E-state index in [1.807, 2.05) is 0 Å². The van der Waals surface area contributed by atoms with Crippen LogP contribution >= 0.6 is 0 Å². The Morgan fingerprint density at radius 2 is 1.59 bits per heavy atom. The van der Waals surface area contributed by atoms with Crippen LogP contribution in [0.4, 0.5) is 0 Å². The van der Waals surface area contributed by atoms with Crippen molar-refractivity contribution in [3.8, 4) is 0 Å². The van der Waals surface area contributed by atoms with Crippen LogP contribution < -0.4 is 10.5 Å². The van der Waals surface area contributed by atoms with Crippen LogP contribution in [0, 0.1) is 5.92 Å². The van der Waals surface area contributed by atoms with Crippen LogP contribution in [-0.4, -0.2) is 26.3 Å². The second-order valence-electron chi connectivity index (χ2n) is 5.51. The minimum Gasteiger partial charge on any atom is -0.327 e. The fraction of sp³-hybridized carbons (Fsp3) is 1.00. The van der Waals surface area contributed by atoms with Gasteiger partial charge in [-0.2, -0.15) is 0 Å². The molecule has 2 atom stereocenters. The zero-order chi connectivity index (χ0) is 12.3. The van der Waals surface area contributed by atoms with Crippen LogP contribution in [0.15, 0.2) is 0 Å². The second kappa shape index (κ2) is 5.67. The van der Waals surface area contributed by atoms with Crippen molar-refractivity contribution in [2.75, 3.05) is 6.54 Å². The minimum atomic E-state index is -3.09. The van der Waals surface area contributed by atoms with Gasteiger partial charge in [-0.25, -0.2) is 13.1 Å². The molecule has 100 valence electrons. The quantitative estimate of drug-likeness (QED) is 0.802. The van der Waals surface area contributed by atoms with Gasteiger partial charge >= 0.3 is 0 Å². The van der Waals surface area contributed by atoms with Crippen molar-refractivity contribution in [1.82, 2.24) is 4.72 Å². The summed E-state index contributed by atoms with van der Waals surface area (Å²) in [6.07, 6.45) is 8.22. The van der Waals surface area contributed by atoms with E-state index in [0.29, 0.717) is 12.5 Å². The summed E-state index contributed by atoms with van der Waals surface area (Å²) in [4.78, 5) is 0. The van der Waals surface area contributed by atoms with Gasteiger partial charge in [0.15, 0.2) is 0 Å². The highest BCUT2D eigenvalue weighted by atomic mass is 32.2. The van der Waals surface area contributed by atoms with Gasteiger partial charge in [-0.15, -0.1) is 0 Å². The van der Waals surface area contributed by atoms with E-state index >= 15 is 0 Å². The summed E-state index contributed by atoms with van der Waals surface area (Å²) < 4.78 is 26.9. The topological polar surface area (TPSA) is 72.2 Å². The number of nitrogens with two attached hydrogens (primary N) is 1. The summed E-state index contributed by atoms with van der Waals surface area (Å²) in [6, 6.07) is 0.176. The zero-order valence-corrected chi connectivity index (χ0v) is 11.2. The summed E-state index contributed by atoms with van der Waals surface area (Å²) >= 11 is 0. The van der Waals surface area contributed by atoms with Crippen LogP contribution in [0.25, 0.3) is 0 Å². The van der Waals surface area contributed by atoms with Crippen LogP contribution in [-0.2, 0) is 10.0 Å². The molecule has 0 radical (unpaired) electrons. The molecule has 0 aromatic carbocycles.